The second-order valence-electron chi connectivity index (χ2n) is 9.12. The van der Waals surface area contributed by atoms with Gasteiger partial charge in [0.05, 0.1) is 6.04 Å². The maximum Gasteiger partial charge on any atom is 0.236 e. The fourth-order valence-corrected chi connectivity index (χ4v) is 4.46. The average molecular weight is 397 g/mol. The summed E-state index contributed by atoms with van der Waals surface area (Å²) in [6, 6.07) is -0.397. The summed E-state index contributed by atoms with van der Waals surface area (Å²) < 4.78 is 0. The average Bonchev–Trinajstić information content (AvgIpc) is 2.84. The van der Waals surface area contributed by atoms with Crippen LogP contribution < -0.4 is 22.1 Å². The Morgan fingerprint density at radius 1 is 1.04 bits per heavy atom. The number of amides is 1. The van der Waals surface area contributed by atoms with Gasteiger partial charge in [-0.15, -0.1) is 0 Å². The number of unbranched alkanes of at least 4 members (excludes halogenated alkanes) is 1. The smallest absolute Gasteiger partial charge is 0.236 e. The van der Waals surface area contributed by atoms with Crippen LogP contribution in [0.25, 0.3) is 0 Å². The lowest BCUT2D eigenvalue weighted by Gasteiger charge is -2.38. The lowest BCUT2D eigenvalue weighted by Crippen LogP contribution is -2.42. The first-order valence-electron chi connectivity index (χ1n) is 12.0. The van der Waals surface area contributed by atoms with E-state index in [2.05, 4.69) is 24.5 Å². The van der Waals surface area contributed by atoms with Crippen LogP contribution >= 0.6 is 0 Å². The summed E-state index contributed by atoms with van der Waals surface area (Å²) >= 11 is 0. The molecule has 0 aromatic rings. The quantitative estimate of drug-likeness (QED) is 0.357. The number of rotatable bonds is 13. The lowest BCUT2D eigenvalue weighted by molar-refractivity contribution is -0.122. The van der Waals surface area contributed by atoms with Gasteiger partial charge < -0.3 is 22.1 Å². The molecule has 0 radical (unpaired) electrons. The minimum atomic E-state index is -0.397. The molecule has 2 atom stereocenters. The van der Waals surface area contributed by atoms with Gasteiger partial charge in [-0.1, -0.05) is 58.8 Å². The van der Waals surface area contributed by atoms with Crippen LogP contribution in [0.2, 0.25) is 0 Å². The molecule has 1 aliphatic carbocycles. The second kappa shape index (κ2) is 15.2. The first-order chi connectivity index (χ1) is 13.5. The monoisotopic (exact) mass is 396 g/mol. The van der Waals surface area contributed by atoms with E-state index in [1.54, 1.807) is 0 Å². The zero-order valence-corrected chi connectivity index (χ0v) is 18.7. The molecule has 1 aliphatic rings. The first-order valence-corrected chi connectivity index (χ1v) is 12.0. The Balaban J connectivity index is 2.23. The molecular weight excluding hydrogens is 348 g/mol. The Morgan fingerprint density at radius 3 is 2.29 bits per heavy atom. The summed E-state index contributed by atoms with van der Waals surface area (Å²) in [5.74, 6) is 0.815. The van der Waals surface area contributed by atoms with Gasteiger partial charge in [0.25, 0.3) is 0 Å². The third kappa shape index (κ3) is 10.2. The minimum absolute atomic E-state index is 0.0268. The maximum atomic E-state index is 12.0. The number of carbonyl (C=O) groups is 1. The maximum absolute atomic E-state index is 12.0. The Hall–Kier alpha value is -0.650. The number of hydrogen-bond acceptors (Lipinski definition) is 4. The van der Waals surface area contributed by atoms with Crippen molar-refractivity contribution in [3.63, 3.8) is 0 Å². The minimum Gasteiger partial charge on any atom is -0.355 e. The van der Waals surface area contributed by atoms with Crippen molar-refractivity contribution >= 4 is 5.91 Å². The van der Waals surface area contributed by atoms with E-state index in [1.807, 2.05) is 0 Å². The normalized spacial score (nSPS) is 19.9. The molecule has 1 amide bonds. The third-order valence-electron chi connectivity index (χ3n) is 6.81. The largest absolute Gasteiger partial charge is 0.355 e. The molecule has 0 heterocycles. The Kier molecular flexibility index (Phi) is 13.8. The lowest BCUT2D eigenvalue weighted by atomic mass is 9.70. The molecule has 1 saturated carbocycles. The van der Waals surface area contributed by atoms with E-state index in [0.29, 0.717) is 18.5 Å². The second-order valence-corrected chi connectivity index (χ2v) is 9.12. The van der Waals surface area contributed by atoms with Crippen LogP contribution in [0.1, 0.15) is 97.3 Å². The summed E-state index contributed by atoms with van der Waals surface area (Å²) in [6.07, 6.45) is 16.0. The molecule has 0 spiro atoms. The van der Waals surface area contributed by atoms with Gasteiger partial charge in [-0.05, 0) is 62.9 Å². The van der Waals surface area contributed by atoms with Gasteiger partial charge in [0, 0.05) is 13.1 Å². The molecule has 5 nitrogen and oxygen atoms in total. The molecular formula is C23H48N4O. The van der Waals surface area contributed by atoms with E-state index in [0.717, 1.165) is 44.7 Å². The van der Waals surface area contributed by atoms with Crippen molar-refractivity contribution in [2.75, 3.05) is 26.2 Å². The Morgan fingerprint density at radius 2 is 1.68 bits per heavy atom. The van der Waals surface area contributed by atoms with Crippen molar-refractivity contribution in [1.82, 2.24) is 10.6 Å². The number of nitrogens with two attached hydrogens (primary N) is 2. The zero-order chi connectivity index (χ0) is 20.7. The molecule has 0 aromatic heterocycles. The van der Waals surface area contributed by atoms with Crippen LogP contribution in [0.4, 0.5) is 0 Å². The zero-order valence-electron chi connectivity index (χ0n) is 18.7. The summed E-state index contributed by atoms with van der Waals surface area (Å²) in [7, 11) is 0. The molecule has 5 heteroatoms. The number of nitrogens with one attached hydrogen (secondary N) is 2. The van der Waals surface area contributed by atoms with Gasteiger partial charge in [0.1, 0.15) is 0 Å². The van der Waals surface area contributed by atoms with Gasteiger partial charge in [-0.25, -0.2) is 0 Å². The third-order valence-corrected chi connectivity index (χ3v) is 6.81. The molecule has 1 rings (SSSR count). The van der Waals surface area contributed by atoms with Gasteiger partial charge in [-0.2, -0.15) is 0 Å². The molecule has 28 heavy (non-hydrogen) atoms. The van der Waals surface area contributed by atoms with Crippen LogP contribution in [0.3, 0.4) is 0 Å². The highest BCUT2D eigenvalue weighted by Gasteiger charge is 2.31. The van der Waals surface area contributed by atoms with Crippen molar-refractivity contribution < 1.29 is 4.79 Å². The van der Waals surface area contributed by atoms with Crippen LogP contribution in [-0.2, 0) is 4.79 Å². The van der Waals surface area contributed by atoms with Gasteiger partial charge in [0.2, 0.25) is 5.91 Å². The predicted molar refractivity (Wildman–Crippen MR) is 120 cm³/mol. The van der Waals surface area contributed by atoms with Crippen molar-refractivity contribution in [2.24, 2.45) is 22.8 Å². The molecule has 0 saturated heterocycles. The summed E-state index contributed by atoms with van der Waals surface area (Å²) in [5, 5.41) is 6.65. The van der Waals surface area contributed by atoms with Crippen LogP contribution in [0.5, 0.6) is 0 Å². The highest BCUT2D eigenvalue weighted by atomic mass is 16.2. The van der Waals surface area contributed by atoms with Gasteiger partial charge in [-0.3, -0.25) is 4.79 Å². The SMILES string of the molecule is CCC(C)(CNCCCNC(=O)C(N)CCCCN)C1CCCCCCCC1. The van der Waals surface area contributed by atoms with E-state index in [4.69, 9.17) is 11.5 Å². The van der Waals surface area contributed by atoms with E-state index >= 15 is 0 Å². The van der Waals surface area contributed by atoms with Crippen LogP contribution in [-0.4, -0.2) is 38.1 Å². The Labute approximate surface area is 174 Å². The highest BCUT2D eigenvalue weighted by Crippen LogP contribution is 2.38. The topological polar surface area (TPSA) is 93.2 Å². The van der Waals surface area contributed by atoms with Crippen molar-refractivity contribution in [3.8, 4) is 0 Å². The fraction of sp³-hybridized carbons (Fsp3) is 0.957. The van der Waals surface area contributed by atoms with Crippen molar-refractivity contribution in [2.45, 2.75) is 103 Å². The van der Waals surface area contributed by atoms with Crippen LogP contribution in [0, 0.1) is 11.3 Å². The van der Waals surface area contributed by atoms with E-state index in [-0.39, 0.29) is 5.91 Å². The Bertz CT molecular complexity index is 394. The van der Waals surface area contributed by atoms with Crippen molar-refractivity contribution in [1.29, 1.82) is 0 Å². The number of carbonyl (C=O) groups excluding carboxylic acids is 1. The first kappa shape index (κ1) is 25.4. The van der Waals surface area contributed by atoms with E-state index in [9.17, 15) is 4.79 Å². The predicted octanol–water partition coefficient (Wildman–Crippen LogP) is 3.71. The molecule has 6 N–H and O–H groups in total. The van der Waals surface area contributed by atoms with E-state index in [1.165, 1.54) is 57.8 Å². The molecule has 0 aromatic carbocycles. The summed E-state index contributed by atoms with van der Waals surface area (Å²) in [5.41, 5.74) is 11.8. The molecule has 0 aliphatic heterocycles. The highest BCUT2D eigenvalue weighted by molar-refractivity contribution is 5.81. The van der Waals surface area contributed by atoms with Gasteiger partial charge >= 0.3 is 0 Å². The number of hydrogen-bond donors (Lipinski definition) is 4. The van der Waals surface area contributed by atoms with E-state index < -0.39 is 6.04 Å². The molecule has 1 fully saturated rings. The van der Waals surface area contributed by atoms with Crippen LogP contribution in [0.15, 0.2) is 0 Å². The standard InChI is InChI=1S/C23H48N4O/c1-3-23(2,20-13-8-6-4-5-7-9-14-20)19-26-17-12-18-27-22(28)21(25)15-10-11-16-24/h20-21,26H,3-19,24-25H2,1-2H3,(H,27,28). The van der Waals surface area contributed by atoms with Gasteiger partial charge in [0.15, 0.2) is 0 Å². The molecule has 2 unspecified atom stereocenters. The fourth-order valence-electron chi connectivity index (χ4n) is 4.46. The molecule has 0 bridgehead atoms. The summed E-state index contributed by atoms with van der Waals surface area (Å²) in [4.78, 5) is 12.0. The van der Waals surface area contributed by atoms with Crippen molar-refractivity contribution in [3.05, 3.63) is 0 Å². The summed E-state index contributed by atoms with van der Waals surface area (Å²) in [6.45, 7) is 8.22. The molecule has 166 valence electrons.